The van der Waals surface area contributed by atoms with Crippen molar-refractivity contribution in [2.24, 2.45) is 0 Å². The molecule has 0 bridgehead atoms. The summed E-state index contributed by atoms with van der Waals surface area (Å²) in [6, 6.07) is 37.7. The third-order valence-electron chi connectivity index (χ3n) is 5.49. The fourth-order valence-corrected chi connectivity index (χ4v) is 3.91. The van der Waals surface area contributed by atoms with E-state index in [1.54, 1.807) is 0 Å². The van der Waals surface area contributed by atoms with E-state index in [1.165, 1.54) is 16.5 Å². The highest BCUT2D eigenvalue weighted by molar-refractivity contribution is 6.84. The van der Waals surface area contributed by atoms with Crippen molar-refractivity contribution in [2.75, 3.05) is 0 Å². The summed E-state index contributed by atoms with van der Waals surface area (Å²) in [5.74, 6) is 0. The molecule has 148 valence electrons. The minimum Gasteiger partial charge on any atom is -0.296 e. The summed E-state index contributed by atoms with van der Waals surface area (Å²) in [6.45, 7) is 2.04. The highest BCUT2D eigenvalue weighted by Gasteiger charge is 2.27. The quantitative estimate of drug-likeness (QED) is 0.405. The molecule has 0 fully saturated rings. The van der Waals surface area contributed by atoms with Gasteiger partial charge in [0.2, 0.25) is 0 Å². The van der Waals surface area contributed by atoms with E-state index in [-0.39, 0.29) is 6.85 Å². The zero-order chi connectivity index (χ0) is 21.0. The molecule has 0 spiro atoms. The SMILES string of the molecule is Cc1ccc(-c2cc(-c3ccccn3)n(B(c3ccccc3)c3ccccc3)n2)cc1. The highest BCUT2D eigenvalue weighted by Crippen LogP contribution is 2.25. The van der Waals surface area contributed by atoms with Crippen molar-refractivity contribution in [1.82, 2.24) is 14.7 Å². The zero-order valence-electron chi connectivity index (χ0n) is 17.4. The first-order valence-corrected chi connectivity index (χ1v) is 10.5. The fourth-order valence-electron chi connectivity index (χ4n) is 3.91. The molecule has 5 rings (SSSR count). The van der Waals surface area contributed by atoms with Crippen molar-refractivity contribution >= 4 is 17.8 Å². The monoisotopic (exact) mass is 399 g/mol. The normalized spacial score (nSPS) is 10.7. The lowest BCUT2D eigenvalue weighted by Crippen LogP contribution is -2.49. The molecule has 31 heavy (non-hydrogen) atoms. The maximum atomic E-state index is 5.12. The van der Waals surface area contributed by atoms with Crippen LogP contribution in [0.1, 0.15) is 5.56 Å². The molecule has 0 atom stereocenters. The van der Waals surface area contributed by atoms with Gasteiger partial charge in [0.15, 0.2) is 0 Å². The largest absolute Gasteiger partial charge is 0.349 e. The Morgan fingerprint density at radius 1 is 0.645 bits per heavy atom. The van der Waals surface area contributed by atoms with Gasteiger partial charge in [0.25, 0.3) is 0 Å². The van der Waals surface area contributed by atoms with Gasteiger partial charge < -0.3 is 0 Å². The Hall–Kier alpha value is -3.92. The van der Waals surface area contributed by atoms with Crippen molar-refractivity contribution in [3.05, 3.63) is 121 Å². The lowest BCUT2D eigenvalue weighted by molar-refractivity contribution is 0.974. The highest BCUT2D eigenvalue weighted by atomic mass is 15.2. The average Bonchev–Trinajstić information content (AvgIpc) is 3.27. The van der Waals surface area contributed by atoms with Gasteiger partial charge in [-0.1, -0.05) is 96.6 Å². The van der Waals surface area contributed by atoms with E-state index in [2.05, 4.69) is 95.4 Å². The molecule has 0 saturated carbocycles. The van der Waals surface area contributed by atoms with E-state index >= 15 is 0 Å². The van der Waals surface area contributed by atoms with Gasteiger partial charge in [-0.2, -0.15) is 5.10 Å². The fraction of sp³-hybridized carbons (Fsp3) is 0.0370. The van der Waals surface area contributed by atoms with E-state index in [1.807, 2.05) is 36.5 Å². The van der Waals surface area contributed by atoms with Crippen molar-refractivity contribution in [2.45, 2.75) is 6.92 Å². The Balaban J connectivity index is 1.74. The van der Waals surface area contributed by atoms with Gasteiger partial charge in [-0.05, 0) is 36.0 Å². The molecule has 3 nitrogen and oxygen atoms in total. The van der Waals surface area contributed by atoms with Crippen molar-refractivity contribution in [1.29, 1.82) is 0 Å². The number of hydrogen-bond donors (Lipinski definition) is 0. The number of benzene rings is 3. The van der Waals surface area contributed by atoms with Gasteiger partial charge in [-0.3, -0.25) is 9.58 Å². The van der Waals surface area contributed by atoms with Gasteiger partial charge >= 0.3 is 6.85 Å². The molecular weight excluding hydrogens is 377 g/mol. The minimum atomic E-state index is -0.0568. The second-order valence-corrected chi connectivity index (χ2v) is 7.66. The molecule has 2 aromatic heterocycles. The average molecular weight is 399 g/mol. The van der Waals surface area contributed by atoms with Gasteiger partial charge in [0.05, 0.1) is 17.1 Å². The van der Waals surface area contributed by atoms with Crippen LogP contribution in [0.5, 0.6) is 0 Å². The van der Waals surface area contributed by atoms with Crippen molar-refractivity contribution in [3.63, 3.8) is 0 Å². The standard InChI is InChI=1S/C27H22BN3/c1-21-15-17-22(18-16-21)26-20-27(25-14-8-9-19-29-25)31(30-26)28(23-10-4-2-5-11-23)24-12-6-3-7-13-24/h2-20H,1H3. The van der Waals surface area contributed by atoms with Crippen LogP contribution >= 0.6 is 0 Å². The van der Waals surface area contributed by atoms with Gasteiger partial charge in [0, 0.05) is 11.8 Å². The summed E-state index contributed by atoms with van der Waals surface area (Å²) in [5, 5.41) is 5.12. The Kier molecular flexibility index (Phi) is 5.20. The summed E-state index contributed by atoms with van der Waals surface area (Å²) >= 11 is 0. The van der Waals surface area contributed by atoms with Crippen molar-refractivity contribution < 1.29 is 0 Å². The maximum absolute atomic E-state index is 5.12. The minimum absolute atomic E-state index is 0.0568. The number of pyridine rings is 1. The Labute approximate surface area is 183 Å². The second kappa shape index (κ2) is 8.45. The summed E-state index contributed by atoms with van der Waals surface area (Å²) in [4.78, 5) is 4.64. The summed E-state index contributed by atoms with van der Waals surface area (Å²) in [6.07, 6.45) is 1.83. The molecular formula is C27H22BN3. The zero-order valence-corrected chi connectivity index (χ0v) is 17.4. The molecule has 3 aromatic carbocycles. The van der Waals surface area contributed by atoms with Crippen LogP contribution in [-0.2, 0) is 0 Å². The van der Waals surface area contributed by atoms with Crippen LogP contribution < -0.4 is 10.9 Å². The molecule has 0 amide bonds. The van der Waals surface area contributed by atoms with Gasteiger partial charge in [-0.15, -0.1) is 0 Å². The molecule has 0 saturated heterocycles. The lowest BCUT2D eigenvalue weighted by atomic mass is 9.50. The predicted molar refractivity (Wildman–Crippen MR) is 129 cm³/mol. The first-order chi connectivity index (χ1) is 15.3. The number of rotatable bonds is 5. The number of aryl methyl sites for hydroxylation is 1. The number of hydrogen-bond acceptors (Lipinski definition) is 2. The smallest absolute Gasteiger partial charge is 0.296 e. The van der Waals surface area contributed by atoms with Crippen LogP contribution in [0, 0.1) is 6.92 Å². The molecule has 0 radical (unpaired) electrons. The van der Waals surface area contributed by atoms with E-state index in [0.29, 0.717) is 0 Å². The van der Waals surface area contributed by atoms with Gasteiger partial charge in [-0.25, -0.2) is 0 Å². The molecule has 0 unspecified atom stereocenters. The maximum Gasteiger partial charge on any atom is 0.349 e. The summed E-state index contributed by atoms with van der Waals surface area (Å²) < 4.78 is 2.11. The Morgan fingerprint density at radius 3 is 1.84 bits per heavy atom. The van der Waals surface area contributed by atoms with Crippen LogP contribution in [0.25, 0.3) is 22.6 Å². The van der Waals surface area contributed by atoms with E-state index in [9.17, 15) is 0 Å². The summed E-state index contributed by atoms with van der Waals surface area (Å²) in [5.41, 5.74) is 7.55. The van der Waals surface area contributed by atoms with Crippen molar-refractivity contribution in [3.8, 4) is 22.6 Å². The molecule has 0 N–H and O–H groups in total. The molecule has 2 heterocycles. The third-order valence-corrected chi connectivity index (χ3v) is 5.49. The molecule has 5 aromatic rings. The van der Waals surface area contributed by atoms with Crippen LogP contribution in [0.15, 0.2) is 115 Å². The molecule has 4 heteroatoms. The van der Waals surface area contributed by atoms with Crippen LogP contribution in [0.3, 0.4) is 0 Å². The van der Waals surface area contributed by atoms with E-state index < -0.39 is 0 Å². The van der Waals surface area contributed by atoms with E-state index in [0.717, 1.165) is 22.6 Å². The topological polar surface area (TPSA) is 30.7 Å². The molecule has 0 aliphatic rings. The predicted octanol–water partition coefficient (Wildman–Crippen LogP) is 4.57. The van der Waals surface area contributed by atoms with Crippen LogP contribution in [0.2, 0.25) is 0 Å². The number of nitrogens with zero attached hydrogens (tertiary/aromatic N) is 3. The number of aromatic nitrogens is 3. The van der Waals surface area contributed by atoms with Crippen LogP contribution in [-0.4, -0.2) is 21.5 Å². The first kappa shape index (κ1) is 19.1. The third kappa shape index (κ3) is 3.93. The van der Waals surface area contributed by atoms with Crippen LogP contribution in [0.4, 0.5) is 0 Å². The molecule has 0 aliphatic carbocycles. The van der Waals surface area contributed by atoms with E-state index in [4.69, 9.17) is 5.10 Å². The summed E-state index contributed by atoms with van der Waals surface area (Å²) in [7, 11) is 0. The second-order valence-electron chi connectivity index (χ2n) is 7.66. The Bertz CT molecular complexity index is 1230. The first-order valence-electron chi connectivity index (χ1n) is 10.5. The Morgan fingerprint density at radius 2 is 1.26 bits per heavy atom. The molecule has 0 aliphatic heterocycles. The lowest BCUT2D eigenvalue weighted by Gasteiger charge is -2.17. The van der Waals surface area contributed by atoms with Gasteiger partial charge in [0.1, 0.15) is 0 Å².